The Bertz CT molecular complexity index is 1240. The van der Waals surface area contributed by atoms with Gasteiger partial charge in [-0.25, -0.2) is 4.98 Å². The highest BCUT2D eigenvalue weighted by Crippen LogP contribution is 2.29. The molecule has 29 heavy (non-hydrogen) atoms. The Morgan fingerprint density at radius 1 is 0.759 bits per heavy atom. The lowest BCUT2D eigenvalue weighted by Crippen LogP contribution is -2.08. The summed E-state index contributed by atoms with van der Waals surface area (Å²) >= 11 is 0. The molecule has 0 fully saturated rings. The normalized spacial score (nSPS) is 12.4. The van der Waals surface area contributed by atoms with E-state index in [1.54, 1.807) is 0 Å². The molecule has 0 aliphatic rings. The number of hydrogen-bond acceptors (Lipinski definition) is 1. The molecule has 0 aliphatic heterocycles. The maximum absolute atomic E-state index is 4.17. The smallest absolute Gasteiger partial charge is 0.0946 e. The zero-order valence-electron chi connectivity index (χ0n) is 16.3. The largest absolute Gasteiger partial charge is 0.337 e. The van der Waals surface area contributed by atoms with Gasteiger partial charge in [0, 0.05) is 18.9 Å². The summed E-state index contributed by atoms with van der Waals surface area (Å²) in [6.07, 6.45) is 9.12. The first kappa shape index (κ1) is 17.7. The van der Waals surface area contributed by atoms with Crippen LogP contribution >= 0.6 is 0 Å². The van der Waals surface area contributed by atoms with Gasteiger partial charge < -0.3 is 4.57 Å². The van der Waals surface area contributed by atoms with E-state index in [9.17, 15) is 0 Å². The maximum Gasteiger partial charge on any atom is 0.0946 e. The quantitative estimate of drug-likeness (QED) is 0.335. The molecule has 0 amide bonds. The van der Waals surface area contributed by atoms with Crippen LogP contribution in [0.25, 0.3) is 21.5 Å². The Labute approximate surface area is 171 Å². The number of rotatable bonds is 6. The van der Waals surface area contributed by atoms with Gasteiger partial charge in [0.2, 0.25) is 0 Å². The number of fused-ring (bicyclic) bond motifs is 2. The molecule has 1 atom stereocenters. The molecule has 0 saturated carbocycles. The summed E-state index contributed by atoms with van der Waals surface area (Å²) in [7, 11) is 0. The van der Waals surface area contributed by atoms with Crippen molar-refractivity contribution in [2.45, 2.75) is 18.9 Å². The molecular formula is C27H23N2. The molecule has 0 saturated heterocycles. The topological polar surface area (TPSA) is 17.8 Å². The molecule has 1 aromatic heterocycles. The van der Waals surface area contributed by atoms with Crippen LogP contribution in [0.5, 0.6) is 0 Å². The van der Waals surface area contributed by atoms with Crippen LogP contribution in [-0.2, 0) is 13.0 Å². The fourth-order valence-electron chi connectivity index (χ4n) is 4.04. The third kappa shape index (κ3) is 3.93. The fraction of sp³-hybridized carbons (Fsp3) is 0.111. The third-order valence-electron chi connectivity index (χ3n) is 5.63. The van der Waals surface area contributed by atoms with Gasteiger partial charge in [-0.05, 0) is 51.4 Å². The van der Waals surface area contributed by atoms with Crippen LogP contribution in [0.3, 0.4) is 0 Å². The minimum absolute atomic E-state index is 0.336. The minimum atomic E-state index is 0.336. The van der Waals surface area contributed by atoms with Crippen molar-refractivity contribution in [1.29, 1.82) is 0 Å². The molecule has 5 rings (SSSR count). The molecule has 5 aromatic rings. The highest BCUT2D eigenvalue weighted by Gasteiger charge is 2.14. The van der Waals surface area contributed by atoms with Gasteiger partial charge in [0.25, 0.3) is 0 Å². The van der Waals surface area contributed by atoms with Crippen LogP contribution in [0.2, 0.25) is 0 Å². The van der Waals surface area contributed by atoms with Crippen LogP contribution in [0.4, 0.5) is 0 Å². The molecule has 0 aliphatic carbocycles. The van der Waals surface area contributed by atoms with Gasteiger partial charge in [0.1, 0.15) is 0 Å². The van der Waals surface area contributed by atoms with Gasteiger partial charge in [-0.3, -0.25) is 0 Å². The van der Waals surface area contributed by atoms with E-state index in [0.717, 1.165) is 13.0 Å². The summed E-state index contributed by atoms with van der Waals surface area (Å²) in [6, 6.07) is 30.8. The lowest BCUT2D eigenvalue weighted by Gasteiger charge is -2.19. The van der Waals surface area contributed by atoms with E-state index in [1.165, 1.54) is 32.7 Å². The van der Waals surface area contributed by atoms with Gasteiger partial charge >= 0.3 is 0 Å². The number of benzene rings is 4. The predicted octanol–water partition coefficient (Wildman–Crippen LogP) is 6.42. The summed E-state index contributed by atoms with van der Waals surface area (Å²) in [6.45, 7) is 0.852. The number of imidazole rings is 1. The standard InChI is InChI=1S/C27H23N2/c1-3-7-24-17-21(9-10-22(24)5-1)18-27(13-15-29-16-14-28-20-29)26-12-11-23-6-2-4-8-25(23)19-26/h1-14,16-17,19-20,27H,15,18H2. The van der Waals surface area contributed by atoms with Crippen molar-refractivity contribution in [2.75, 3.05) is 0 Å². The number of nitrogens with zero attached hydrogens (tertiary/aromatic N) is 2. The summed E-state index contributed by atoms with van der Waals surface area (Å²) in [4.78, 5) is 4.17. The summed E-state index contributed by atoms with van der Waals surface area (Å²) in [5.74, 6) is 0.336. The first-order valence-electron chi connectivity index (χ1n) is 10.1. The highest BCUT2D eigenvalue weighted by molar-refractivity contribution is 5.84. The molecule has 141 valence electrons. The van der Waals surface area contributed by atoms with Crippen LogP contribution in [-0.4, -0.2) is 9.55 Å². The van der Waals surface area contributed by atoms with Crippen LogP contribution in [0.1, 0.15) is 17.0 Å². The average Bonchev–Trinajstić information content (AvgIpc) is 3.30. The zero-order valence-corrected chi connectivity index (χ0v) is 16.3. The molecule has 1 radical (unpaired) electrons. The van der Waals surface area contributed by atoms with Gasteiger partial charge in [-0.1, -0.05) is 84.9 Å². The molecule has 0 bridgehead atoms. The minimum Gasteiger partial charge on any atom is -0.337 e. The van der Waals surface area contributed by atoms with E-state index in [4.69, 9.17) is 0 Å². The molecule has 1 unspecified atom stereocenters. The second-order valence-corrected chi connectivity index (χ2v) is 7.59. The SMILES string of the molecule is [CH](Cn1ccnc1)C(Cc1ccc2ccccc2c1)c1ccc2ccccc2c1. The molecule has 1 heterocycles. The molecule has 4 aromatic carbocycles. The second kappa shape index (κ2) is 7.92. The van der Waals surface area contributed by atoms with Crippen molar-refractivity contribution in [2.24, 2.45) is 0 Å². The Kier molecular flexibility index (Phi) is 4.83. The van der Waals surface area contributed by atoms with Crippen molar-refractivity contribution in [3.63, 3.8) is 0 Å². The third-order valence-corrected chi connectivity index (χ3v) is 5.63. The molecule has 0 spiro atoms. The van der Waals surface area contributed by atoms with E-state index in [-0.39, 0.29) is 0 Å². The predicted molar refractivity (Wildman–Crippen MR) is 121 cm³/mol. The monoisotopic (exact) mass is 375 g/mol. The van der Waals surface area contributed by atoms with Crippen molar-refractivity contribution in [3.8, 4) is 0 Å². The molecule has 0 N–H and O–H groups in total. The van der Waals surface area contributed by atoms with Crippen molar-refractivity contribution < 1.29 is 0 Å². The van der Waals surface area contributed by atoms with Crippen molar-refractivity contribution >= 4 is 21.5 Å². The molecule has 2 nitrogen and oxygen atoms in total. The maximum atomic E-state index is 4.17. The van der Waals surface area contributed by atoms with Gasteiger partial charge in [-0.15, -0.1) is 0 Å². The lowest BCUT2D eigenvalue weighted by molar-refractivity contribution is 0.670. The van der Waals surface area contributed by atoms with Crippen molar-refractivity contribution in [1.82, 2.24) is 9.55 Å². The first-order chi connectivity index (χ1) is 14.3. The Morgan fingerprint density at radius 2 is 1.45 bits per heavy atom. The lowest BCUT2D eigenvalue weighted by atomic mass is 9.87. The zero-order chi connectivity index (χ0) is 19.5. The van der Waals surface area contributed by atoms with Crippen LogP contribution in [0.15, 0.2) is 104 Å². The average molecular weight is 375 g/mol. The van der Waals surface area contributed by atoms with E-state index in [1.807, 2.05) is 18.7 Å². The Morgan fingerprint density at radius 3 is 2.17 bits per heavy atom. The summed E-state index contributed by atoms with van der Waals surface area (Å²) in [5, 5.41) is 5.18. The van der Waals surface area contributed by atoms with E-state index in [0.29, 0.717) is 5.92 Å². The molecule has 2 heteroatoms. The number of aromatic nitrogens is 2. The highest BCUT2D eigenvalue weighted by atomic mass is 15.0. The fourth-order valence-corrected chi connectivity index (χ4v) is 4.04. The number of hydrogen-bond donors (Lipinski definition) is 0. The van der Waals surface area contributed by atoms with Gasteiger partial charge in [0.05, 0.1) is 6.33 Å². The summed E-state index contributed by atoms with van der Waals surface area (Å²) < 4.78 is 2.12. The van der Waals surface area contributed by atoms with Gasteiger partial charge in [0.15, 0.2) is 0 Å². The molecular weight excluding hydrogens is 352 g/mol. The summed E-state index contributed by atoms with van der Waals surface area (Å²) in [5.41, 5.74) is 2.72. The first-order valence-corrected chi connectivity index (χ1v) is 10.1. The Balaban J connectivity index is 1.47. The van der Waals surface area contributed by atoms with Gasteiger partial charge in [-0.2, -0.15) is 0 Å². The second-order valence-electron chi connectivity index (χ2n) is 7.59. The van der Waals surface area contributed by atoms with Crippen LogP contribution in [0, 0.1) is 6.42 Å². The van der Waals surface area contributed by atoms with E-state index >= 15 is 0 Å². The van der Waals surface area contributed by atoms with E-state index < -0.39 is 0 Å². The van der Waals surface area contributed by atoms with Crippen molar-refractivity contribution in [3.05, 3.63) is 121 Å². The van der Waals surface area contributed by atoms with E-state index in [2.05, 4.69) is 101 Å². The van der Waals surface area contributed by atoms with Crippen LogP contribution < -0.4 is 0 Å². The Hall–Kier alpha value is -3.39.